The predicted octanol–water partition coefficient (Wildman–Crippen LogP) is 3.68. The highest BCUT2D eigenvalue weighted by molar-refractivity contribution is 5.84. The molecule has 0 unspecified atom stereocenters. The number of halogens is 1. The number of carbonyl (C=O) groups is 1. The van der Waals surface area contributed by atoms with E-state index in [0.717, 1.165) is 16.5 Å². The van der Waals surface area contributed by atoms with E-state index >= 15 is 0 Å². The van der Waals surface area contributed by atoms with E-state index in [1.165, 1.54) is 13.0 Å². The minimum atomic E-state index is -0.347. The Kier molecular flexibility index (Phi) is 3.83. The molecule has 1 amide bonds. The largest absolute Gasteiger partial charge is 0.352 e. The third-order valence-corrected chi connectivity index (χ3v) is 3.45. The van der Waals surface area contributed by atoms with Gasteiger partial charge in [0.05, 0.1) is 5.69 Å². The van der Waals surface area contributed by atoms with E-state index in [2.05, 4.69) is 10.3 Å². The van der Waals surface area contributed by atoms with Crippen LogP contribution in [0.5, 0.6) is 0 Å². The zero-order valence-electron chi connectivity index (χ0n) is 12.1. The third-order valence-electron chi connectivity index (χ3n) is 3.45. The van der Waals surface area contributed by atoms with Gasteiger partial charge in [0.2, 0.25) is 5.91 Å². The van der Waals surface area contributed by atoms with Crippen molar-refractivity contribution in [2.75, 3.05) is 0 Å². The van der Waals surface area contributed by atoms with Gasteiger partial charge in [0.25, 0.3) is 0 Å². The number of para-hydroxylation sites is 1. The molecule has 1 heterocycles. The lowest BCUT2D eigenvalue weighted by atomic mass is 10.0. The van der Waals surface area contributed by atoms with Crippen molar-refractivity contribution >= 4 is 16.8 Å². The molecule has 1 aromatic heterocycles. The van der Waals surface area contributed by atoms with Crippen molar-refractivity contribution in [2.45, 2.75) is 13.5 Å². The number of fused-ring (bicyclic) bond motifs is 1. The number of nitrogens with one attached hydrogen (secondary N) is 1. The average molecular weight is 294 g/mol. The highest BCUT2D eigenvalue weighted by atomic mass is 19.1. The van der Waals surface area contributed by atoms with Gasteiger partial charge in [-0.25, -0.2) is 9.37 Å². The molecule has 3 rings (SSSR count). The Labute approximate surface area is 127 Å². The van der Waals surface area contributed by atoms with E-state index in [0.29, 0.717) is 17.8 Å². The maximum Gasteiger partial charge on any atom is 0.217 e. The van der Waals surface area contributed by atoms with Gasteiger partial charge in [0.1, 0.15) is 11.3 Å². The van der Waals surface area contributed by atoms with Crippen molar-refractivity contribution in [3.05, 3.63) is 66.0 Å². The predicted molar refractivity (Wildman–Crippen MR) is 84.7 cm³/mol. The monoisotopic (exact) mass is 294 g/mol. The topological polar surface area (TPSA) is 42.0 Å². The normalized spacial score (nSPS) is 10.6. The van der Waals surface area contributed by atoms with E-state index in [1.54, 1.807) is 6.07 Å². The van der Waals surface area contributed by atoms with Gasteiger partial charge in [-0.15, -0.1) is 0 Å². The highest BCUT2D eigenvalue weighted by Crippen LogP contribution is 2.26. The Bertz CT molecular complexity index is 831. The Balaban J connectivity index is 2.19. The highest BCUT2D eigenvalue weighted by Gasteiger charge is 2.11. The van der Waals surface area contributed by atoms with Gasteiger partial charge in [-0.3, -0.25) is 4.79 Å². The van der Waals surface area contributed by atoms with Crippen LogP contribution < -0.4 is 5.32 Å². The van der Waals surface area contributed by atoms with Crippen molar-refractivity contribution in [3.8, 4) is 11.3 Å². The zero-order valence-corrected chi connectivity index (χ0v) is 12.1. The van der Waals surface area contributed by atoms with Crippen LogP contribution in [0.25, 0.3) is 22.2 Å². The number of carbonyl (C=O) groups excluding carboxylic acids is 1. The zero-order chi connectivity index (χ0) is 15.5. The fourth-order valence-corrected chi connectivity index (χ4v) is 2.41. The number of aromatic nitrogens is 1. The summed E-state index contributed by atoms with van der Waals surface area (Å²) in [6.07, 6.45) is 0. The number of benzene rings is 2. The first-order valence-corrected chi connectivity index (χ1v) is 7.03. The maximum atomic E-state index is 14.0. The van der Waals surface area contributed by atoms with Crippen LogP contribution in [0.15, 0.2) is 54.6 Å². The first-order valence-electron chi connectivity index (χ1n) is 7.03. The van der Waals surface area contributed by atoms with Crippen LogP contribution in [0.1, 0.15) is 12.5 Å². The second-order valence-corrected chi connectivity index (χ2v) is 5.08. The van der Waals surface area contributed by atoms with Gasteiger partial charge in [0, 0.05) is 24.4 Å². The molecule has 0 aliphatic carbocycles. The van der Waals surface area contributed by atoms with Gasteiger partial charge in [-0.2, -0.15) is 0 Å². The summed E-state index contributed by atoms with van der Waals surface area (Å²) >= 11 is 0. The van der Waals surface area contributed by atoms with Crippen LogP contribution >= 0.6 is 0 Å². The molecule has 0 spiro atoms. The molecule has 0 atom stereocenters. The molecule has 110 valence electrons. The third kappa shape index (κ3) is 2.81. The fourth-order valence-electron chi connectivity index (χ4n) is 2.41. The minimum Gasteiger partial charge on any atom is -0.352 e. The van der Waals surface area contributed by atoms with Crippen LogP contribution in [0.2, 0.25) is 0 Å². The summed E-state index contributed by atoms with van der Waals surface area (Å²) in [5.41, 5.74) is 2.78. The van der Waals surface area contributed by atoms with Gasteiger partial charge < -0.3 is 5.32 Å². The smallest absolute Gasteiger partial charge is 0.217 e. The molecule has 3 nitrogen and oxygen atoms in total. The van der Waals surface area contributed by atoms with Gasteiger partial charge >= 0.3 is 0 Å². The van der Waals surface area contributed by atoms with E-state index in [9.17, 15) is 9.18 Å². The van der Waals surface area contributed by atoms with Crippen molar-refractivity contribution < 1.29 is 9.18 Å². The molecular formula is C18H15FN2O. The molecule has 2 aromatic carbocycles. The molecule has 0 saturated carbocycles. The lowest BCUT2D eigenvalue weighted by molar-refractivity contribution is -0.119. The standard InChI is InChI=1S/C18H15FN2O/c1-12(22)20-11-15-10-14-8-5-9-16(19)18(14)21-17(15)13-6-3-2-4-7-13/h2-10H,11H2,1H3,(H,20,22). The van der Waals surface area contributed by atoms with Gasteiger partial charge in [0.15, 0.2) is 0 Å². The molecule has 1 N–H and O–H groups in total. The van der Waals surface area contributed by atoms with Crippen LogP contribution in [-0.2, 0) is 11.3 Å². The summed E-state index contributed by atoms with van der Waals surface area (Å²) in [5, 5.41) is 3.50. The number of amides is 1. The molecular weight excluding hydrogens is 279 g/mol. The number of rotatable bonds is 3. The molecule has 3 aromatic rings. The van der Waals surface area contributed by atoms with Crippen molar-refractivity contribution in [3.63, 3.8) is 0 Å². The van der Waals surface area contributed by atoms with E-state index in [-0.39, 0.29) is 11.7 Å². The summed E-state index contributed by atoms with van der Waals surface area (Å²) in [6.45, 7) is 1.83. The van der Waals surface area contributed by atoms with Crippen LogP contribution in [-0.4, -0.2) is 10.9 Å². The number of pyridine rings is 1. The van der Waals surface area contributed by atoms with Crippen molar-refractivity contribution in [2.24, 2.45) is 0 Å². The molecule has 0 radical (unpaired) electrons. The molecule has 0 bridgehead atoms. The summed E-state index contributed by atoms with van der Waals surface area (Å²) in [4.78, 5) is 15.7. The molecule has 0 aliphatic heterocycles. The lowest BCUT2D eigenvalue weighted by Gasteiger charge is -2.12. The first kappa shape index (κ1) is 14.2. The lowest BCUT2D eigenvalue weighted by Crippen LogP contribution is -2.19. The number of hydrogen-bond acceptors (Lipinski definition) is 2. The summed E-state index contributed by atoms with van der Waals surface area (Å²) in [7, 11) is 0. The van der Waals surface area contributed by atoms with Crippen LogP contribution in [0, 0.1) is 5.82 Å². The second-order valence-electron chi connectivity index (χ2n) is 5.08. The summed E-state index contributed by atoms with van der Waals surface area (Å²) in [6, 6.07) is 16.3. The molecule has 0 aliphatic rings. The number of hydrogen-bond donors (Lipinski definition) is 1. The Morgan fingerprint density at radius 2 is 1.91 bits per heavy atom. The van der Waals surface area contributed by atoms with Gasteiger partial charge in [-0.05, 0) is 17.7 Å². The number of nitrogens with zero attached hydrogens (tertiary/aromatic N) is 1. The van der Waals surface area contributed by atoms with Crippen molar-refractivity contribution in [1.29, 1.82) is 0 Å². The SMILES string of the molecule is CC(=O)NCc1cc2cccc(F)c2nc1-c1ccccc1. The summed E-state index contributed by atoms with van der Waals surface area (Å²) < 4.78 is 14.0. The van der Waals surface area contributed by atoms with Crippen LogP contribution in [0.3, 0.4) is 0 Å². The van der Waals surface area contributed by atoms with E-state index in [4.69, 9.17) is 0 Å². The van der Waals surface area contributed by atoms with E-state index in [1.807, 2.05) is 42.5 Å². The van der Waals surface area contributed by atoms with Crippen LogP contribution in [0.4, 0.5) is 4.39 Å². The van der Waals surface area contributed by atoms with E-state index < -0.39 is 0 Å². The Morgan fingerprint density at radius 3 is 2.64 bits per heavy atom. The fraction of sp³-hybridized carbons (Fsp3) is 0.111. The first-order chi connectivity index (χ1) is 10.6. The molecule has 22 heavy (non-hydrogen) atoms. The van der Waals surface area contributed by atoms with Crippen molar-refractivity contribution in [1.82, 2.24) is 10.3 Å². The maximum absolute atomic E-state index is 14.0. The Hall–Kier alpha value is -2.75. The Morgan fingerprint density at radius 1 is 1.14 bits per heavy atom. The second kappa shape index (κ2) is 5.93. The molecule has 0 saturated heterocycles. The van der Waals surface area contributed by atoms with Gasteiger partial charge in [-0.1, -0.05) is 42.5 Å². The minimum absolute atomic E-state index is 0.113. The summed E-state index contributed by atoms with van der Waals surface area (Å²) in [5.74, 6) is -0.459. The molecule has 0 fully saturated rings. The molecule has 4 heteroatoms. The quantitative estimate of drug-likeness (QED) is 0.800. The average Bonchev–Trinajstić information content (AvgIpc) is 2.53.